The average Bonchev–Trinajstić information content (AvgIpc) is 3.15. The number of aromatic nitrogens is 2. The van der Waals surface area contributed by atoms with E-state index in [0.717, 1.165) is 37.0 Å². The summed E-state index contributed by atoms with van der Waals surface area (Å²) in [6, 6.07) is 8.34. The Morgan fingerprint density at radius 2 is 1.94 bits per heavy atom. The van der Waals surface area contributed by atoms with E-state index < -0.39 is 6.36 Å². The number of nitrogens with one attached hydrogen (secondary N) is 2. The van der Waals surface area contributed by atoms with Gasteiger partial charge in [0.05, 0.1) is 17.3 Å². The predicted molar refractivity (Wildman–Crippen MR) is 114 cm³/mol. The number of benzene rings is 1. The van der Waals surface area contributed by atoms with Crippen LogP contribution < -0.4 is 15.4 Å². The van der Waals surface area contributed by atoms with E-state index in [9.17, 15) is 22.8 Å². The number of amides is 3. The zero-order valence-corrected chi connectivity index (χ0v) is 17.7. The summed E-state index contributed by atoms with van der Waals surface area (Å²) in [6.07, 6.45) is 1.18. The first-order valence-electron chi connectivity index (χ1n) is 10.4. The smallest absolute Gasteiger partial charge is 0.406 e. The zero-order valence-electron chi connectivity index (χ0n) is 17.7. The third-order valence-electron chi connectivity index (χ3n) is 5.53. The number of ether oxygens (including phenoxy) is 1. The van der Waals surface area contributed by atoms with Crippen molar-refractivity contribution in [3.63, 3.8) is 0 Å². The van der Waals surface area contributed by atoms with Gasteiger partial charge in [-0.05, 0) is 61.2 Å². The molecule has 2 aromatic heterocycles. The molecule has 1 saturated carbocycles. The summed E-state index contributed by atoms with van der Waals surface area (Å²) in [6.45, 7) is 0.306. The van der Waals surface area contributed by atoms with Gasteiger partial charge in [-0.15, -0.1) is 13.2 Å². The Morgan fingerprint density at radius 3 is 2.55 bits per heavy atom. The molecule has 11 heteroatoms. The maximum Gasteiger partial charge on any atom is 0.573 e. The Kier molecular flexibility index (Phi) is 6.12. The summed E-state index contributed by atoms with van der Waals surface area (Å²) in [5.41, 5.74) is 2.23. The second kappa shape index (κ2) is 9.00. The van der Waals surface area contributed by atoms with Gasteiger partial charge in [-0.3, -0.25) is 4.79 Å². The van der Waals surface area contributed by atoms with Crippen LogP contribution in [0, 0.1) is 0 Å². The average molecular weight is 461 g/mol. The van der Waals surface area contributed by atoms with Crippen LogP contribution in [-0.2, 0) is 6.54 Å². The molecule has 1 aliphatic rings. The van der Waals surface area contributed by atoms with Crippen LogP contribution in [0.3, 0.4) is 0 Å². The molecule has 1 fully saturated rings. The molecule has 0 saturated heterocycles. The molecule has 0 spiro atoms. The quantitative estimate of drug-likeness (QED) is 0.577. The van der Waals surface area contributed by atoms with Gasteiger partial charge in [0.25, 0.3) is 5.91 Å². The number of carbonyl (C=O) groups is 2. The van der Waals surface area contributed by atoms with Crippen molar-refractivity contribution in [3.05, 3.63) is 59.9 Å². The van der Waals surface area contributed by atoms with Gasteiger partial charge in [-0.25, -0.2) is 9.31 Å². The topological polar surface area (TPSA) is 88.0 Å². The van der Waals surface area contributed by atoms with Crippen molar-refractivity contribution in [1.82, 2.24) is 19.8 Å². The molecule has 33 heavy (non-hydrogen) atoms. The molecule has 3 aromatic rings. The van der Waals surface area contributed by atoms with E-state index in [1.165, 1.54) is 18.3 Å². The third kappa shape index (κ3) is 5.18. The van der Waals surface area contributed by atoms with E-state index >= 15 is 0 Å². The Balaban J connectivity index is 1.50. The van der Waals surface area contributed by atoms with Crippen molar-refractivity contribution in [2.45, 2.75) is 38.2 Å². The summed E-state index contributed by atoms with van der Waals surface area (Å²) in [5, 5.41) is 9.49. The molecule has 0 atom stereocenters. The van der Waals surface area contributed by atoms with Crippen molar-refractivity contribution in [2.24, 2.45) is 0 Å². The van der Waals surface area contributed by atoms with Crippen LogP contribution in [0.25, 0.3) is 5.52 Å². The number of urea groups is 1. The Hall–Kier alpha value is -3.76. The standard InChI is InChI=1S/C22H22F3N5O3/c1-26-20(31)18-12-27-30-10-9-14(11-19(18)30)13-29(16-3-2-4-16)21(32)28-15-5-7-17(8-6-15)33-22(23,24)25/h5-12,16H,2-4,13H2,1H3,(H,26,31)(H,28,32). The minimum atomic E-state index is -4.78. The van der Waals surface area contributed by atoms with Crippen molar-refractivity contribution in [2.75, 3.05) is 12.4 Å². The van der Waals surface area contributed by atoms with Crippen molar-refractivity contribution < 1.29 is 27.5 Å². The van der Waals surface area contributed by atoms with Crippen LogP contribution in [0.1, 0.15) is 35.2 Å². The normalized spacial score (nSPS) is 13.9. The maximum atomic E-state index is 13.0. The highest BCUT2D eigenvalue weighted by Crippen LogP contribution is 2.28. The molecule has 0 radical (unpaired) electrons. The highest BCUT2D eigenvalue weighted by atomic mass is 19.4. The predicted octanol–water partition coefficient (Wildman–Crippen LogP) is 4.18. The number of fused-ring (bicyclic) bond motifs is 1. The lowest BCUT2D eigenvalue weighted by Gasteiger charge is -2.37. The minimum Gasteiger partial charge on any atom is -0.406 e. The first kappa shape index (κ1) is 22.4. The van der Waals surface area contributed by atoms with Gasteiger partial charge in [0.15, 0.2) is 0 Å². The fraction of sp³-hybridized carbons (Fsp3) is 0.318. The molecular weight excluding hydrogens is 439 g/mol. The van der Waals surface area contributed by atoms with Gasteiger partial charge in [-0.2, -0.15) is 5.10 Å². The number of hydrogen-bond donors (Lipinski definition) is 2. The van der Waals surface area contributed by atoms with Crippen molar-refractivity contribution in [1.29, 1.82) is 0 Å². The van der Waals surface area contributed by atoms with Crippen LogP contribution >= 0.6 is 0 Å². The number of anilines is 1. The summed E-state index contributed by atoms with van der Waals surface area (Å²) in [4.78, 5) is 26.8. The molecule has 8 nitrogen and oxygen atoms in total. The molecule has 174 valence electrons. The van der Waals surface area contributed by atoms with Gasteiger partial charge in [0, 0.05) is 31.5 Å². The summed E-state index contributed by atoms with van der Waals surface area (Å²) in [5.74, 6) is -0.619. The Bertz CT molecular complexity index is 1160. The fourth-order valence-corrected chi connectivity index (χ4v) is 3.63. The van der Waals surface area contributed by atoms with Crippen molar-refractivity contribution in [3.8, 4) is 5.75 Å². The maximum absolute atomic E-state index is 13.0. The number of halogens is 3. The van der Waals surface area contributed by atoms with Crippen LogP contribution in [0.5, 0.6) is 5.75 Å². The van der Waals surface area contributed by atoms with Gasteiger partial charge >= 0.3 is 12.4 Å². The monoisotopic (exact) mass is 461 g/mol. The molecule has 1 aliphatic carbocycles. The lowest BCUT2D eigenvalue weighted by Crippen LogP contribution is -2.45. The first-order chi connectivity index (χ1) is 15.7. The van der Waals surface area contributed by atoms with E-state index in [1.807, 2.05) is 12.1 Å². The molecule has 1 aromatic carbocycles. The van der Waals surface area contributed by atoms with Crippen LogP contribution in [0.15, 0.2) is 48.8 Å². The fourth-order valence-electron chi connectivity index (χ4n) is 3.63. The Morgan fingerprint density at radius 1 is 1.21 bits per heavy atom. The van der Waals surface area contributed by atoms with E-state index in [0.29, 0.717) is 23.3 Å². The zero-order chi connectivity index (χ0) is 23.6. The minimum absolute atomic E-state index is 0.0531. The second-order valence-corrected chi connectivity index (χ2v) is 7.72. The van der Waals surface area contributed by atoms with Crippen LogP contribution in [0.4, 0.5) is 23.7 Å². The number of nitrogens with zero attached hydrogens (tertiary/aromatic N) is 3. The van der Waals surface area contributed by atoms with Gasteiger partial charge in [0.1, 0.15) is 5.75 Å². The number of pyridine rings is 1. The molecule has 2 heterocycles. The van der Waals surface area contributed by atoms with Crippen molar-refractivity contribution >= 4 is 23.1 Å². The Labute approximate surface area is 187 Å². The van der Waals surface area contributed by atoms with E-state index in [-0.39, 0.29) is 23.7 Å². The molecule has 0 bridgehead atoms. The number of hydrogen-bond acceptors (Lipinski definition) is 4. The second-order valence-electron chi connectivity index (χ2n) is 7.72. The number of carbonyl (C=O) groups excluding carboxylic acids is 2. The van der Waals surface area contributed by atoms with Gasteiger partial charge in [-0.1, -0.05) is 0 Å². The third-order valence-corrected chi connectivity index (χ3v) is 5.53. The van der Waals surface area contributed by atoms with Gasteiger partial charge < -0.3 is 20.3 Å². The van der Waals surface area contributed by atoms with Gasteiger partial charge in [0.2, 0.25) is 0 Å². The summed E-state index contributed by atoms with van der Waals surface area (Å²) >= 11 is 0. The van der Waals surface area contributed by atoms with E-state index in [1.54, 1.807) is 22.7 Å². The molecule has 0 aliphatic heterocycles. The highest BCUT2D eigenvalue weighted by molar-refractivity contribution is 6.00. The summed E-state index contributed by atoms with van der Waals surface area (Å²) < 4.78 is 42.5. The highest BCUT2D eigenvalue weighted by Gasteiger charge is 2.31. The first-order valence-corrected chi connectivity index (χ1v) is 10.4. The number of rotatable bonds is 6. The lowest BCUT2D eigenvalue weighted by molar-refractivity contribution is -0.274. The molecule has 3 amide bonds. The molecule has 0 unspecified atom stereocenters. The number of alkyl halides is 3. The van der Waals surface area contributed by atoms with E-state index in [2.05, 4.69) is 20.5 Å². The van der Waals surface area contributed by atoms with E-state index in [4.69, 9.17) is 0 Å². The lowest BCUT2D eigenvalue weighted by atomic mass is 9.91. The largest absolute Gasteiger partial charge is 0.573 e. The SMILES string of the molecule is CNC(=O)c1cnn2ccc(CN(C(=O)Nc3ccc(OC(F)(F)F)cc3)C3CCC3)cc12. The molecular formula is C22H22F3N5O3. The molecule has 2 N–H and O–H groups in total. The molecule has 4 rings (SSSR count). The summed E-state index contributed by atoms with van der Waals surface area (Å²) in [7, 11) is 1.54. The van der Waals surface area contributed by atoms with Crippen LogP contribution in [-0.4, -0.2) is 45.9 Å². The van der Waals surface area contributed by atoms with Crippen LogP contribution in [0.2, 0.25) is 0 Å².